The lowest BCUT2D eigenvalue weighted by Crippen LogP contribution is -2.26. The molecule has 0 fully saturated rings. The number of hydrogen-bond donors (Lipinski definition) is 0. The molecule has 3 aromatic rings. The van der Waals surface area contributed by atoms with Crippen molar-refractivity contribution in [1.82, 2.24) is 14.6 Å². The van der Waals surface area contributed by atoms with Gasteiger partial charge in [0.15, 0.2) is 5.65 Å². The highest BCUT2D eigenvalue weighted by Gasteiger charge is 2.19. The molecule has 2 aromatic heterocycles. The quantitative estimate of drug-likeness (QED) is 0.566. The molecule has 3 rings (SSSR count). The molecule has 0 bridgehead atoms. The van der Waals surface area contributed by atoms with Crippen molar-refractivity contribution < 1.29 is 0 Å². The Labute approximate surface area is 160 Å². The van der Waals surface area contributed by atoms with Crippen LogP contribution in [-0.2, 0) is 0 Å². The predicted octanol–water partition coefficient (Wildman–Crippen LogP) is 5.60. The summed E-state index contributed by atoms with van der Waals surface area (Å²) in [7, 11) is 0. The van der Waals surface area contributed by atoms with Gasteiger partial charge in [-0.15, -0.1) is 0 Å². The first-order chi connectivity index (χ1) is 12.5. The van der Waals surface area contributed by atoms with Gasteiger partial charge in [-0.05, 0) is 57.4 Å². The van der Waals surface area contributed by atoms with Crippen molar-refractivity contribution in [3.63, 3.8) is 0 Å². The molecular weight excluding hydrogens is 344 g/mol. The Bertz CT molecular complexity index is 929. The lowest BCUT2D eigenvalue weighted by molar-refractivity contribution is 0.707. The summed E-state index contributed by atoms with van der Waals surface area (Å²) < 4.78 is 2.00. The van der Waals surface area contributed by atoms with Crippen molar-refractivity contribution >= 4 is 23.1 Å². The van der Waals surface area contributed by atoms with Crippen LogP contribution in [0, 0.1) is 20.8 Å². The number of benzene rings is 1. The predicted molar refractivity (Wildman–Crippen MR) is 110 cm³/mol. The van der Waals surface area contributed by atoms with E-state index < -0.39 is 0 Å². The molecule has 26 heavy (non-hydrogen) atoms. The minimum absolute atomic E-state index is 0.752. The first-order valence-corrected chi connectivity index (χ1v) is 9.72. The van der Waals surface area contributed by atoms with Gasteiger partial charge < -0.3 is 4.90 Å². The molecule has 2 heterocycles. The Balaban J connectivity index is 2.23. The summed E-state index contributed by atoms with van der Waals surface area (Å²) in [4.78, 5) is 7.22. The number of aryl methyl sites for hydroxylation is 3. The number of unbranched alkanes of at least 4 members (excludes halogenated alkanes) is 1. The first kappa shape index (κ1) is 18.7. The second-order valence-corrected chi connectivity index (χ2v) is 7.28. The van der Waals surface area contributed by atoms with Gasteiger partial charge in [-0.25, -0.2) is 4.98 Å². The van der Waals surface area contributed by atoms with E-state index in [2.05, 4.69) is 51.7 Å². The highest BCUT2D eigenvalue weighted by molar-refractivity contribution is 6.30. The molecule has 0 radical (unpaired) electrons. The van der Waals surface area contributed by atoms with E-state index in [1.807, 2.05) is 16.6 Å². The van der Waals surface area contributed by atoms with Gasteiger partial charge >= 0.3 is 0 Å². The van der Waals surface area contributed by atoms with Crippen LogP contribution in [0.15, 0.2) is 24.3 Å². The Morgan fingerprint density at radius 3 is 2.54 bits per heavy atom. The minimum Gasteiger partial charge on any atom is -0.357 e. The van der Waals surface area contributed by atoms with Crippen molar-refractivity contribution in [2.45, 2.75) is 47.5 Å². The maximum atomic E-state index is 6.15. The molecular formula is C21H27ClN4. The third-order valence-electron chi connectivity index (χ3n) is 4.82. The molecule has 0 unspecified atom stereocenters. The zero-order chi connectivity index (χ0) is 18.8. The van der Waals surface area contributed by atoms with Crippen LogP contribution in [0.2, 0.25) is 5.02 Å². The summed E-state index contributed by atoms with van der Waals surface area (Å²) >= 11 is 6.15. The largest absolute Gasteiger partial charge is 0.357 e. The van der Waals surface area contributed by atoms with Crippen molar-refractivity contribution in [1.29, 1.82) is 0 Å². The fourth-order valence-corrected chi connectivity index (χ4v) is 3.68. The van der Waals surface area contributed by atoms with E-state index in [0.29, 0.717) is 0 Å². The van der Waals surface area contributed by atoms with Crippen molar-refractivity contribution in [3.05, 3.63) is 46.2 Å². The molecule has 0 spiro atoms. The highest BCUT2D eigenvalue weighted by Crippen LogP contribution is 2.33. The number of anilines is 1. The zero-order valence-electron chi connectivity index (χ0n) is 16.3. The monoisotopic (exact) mass is 370 g/mol. The third kappa shape index (κ3) is 3.43. The maximum Gasteiger partial charge on any atom is 0.165 e. The second kappa shape index (κ2) is 7.67. The van der Waals surface area contributed by atoms with Crippen molar-refractivity contribution in [2.75, 3.05) is 18.0 Å². The van der Waals surface area contributed by atoms with Gasteiger partial charge in [-0.3, -0.25) is 0 Å². The minimum atomic E-state index is 0.752. The van der Waals surface area contributed by atoms with Gasteiger partial charge in [0.1, 0.15) is 5.82 Å². The summed E-state index contributed by atoms with van der Waals surface area (Å²) in [6, 6.07) is 8.14. The maximum absolute atomic E-state index is 6.15. The van der Waals surface area contributed by atoms with Gasteiger partial charge in [-0.1, -0.05) is 31.0 Å². The summed E-state index contributed by atoms with van der Waals surface area (Å²) in [6.07, 6.45) is 2.34. The number of fused-ring (bicyclic) bond motifs is 1. The van der Waals surface area contributed by atoms with Crippen LogP contribution >= 0.6 is 11.6 Å². The number of aromatic nitrogens is 3. The summed E-state index contributed by atoms with van der Waals surface area (Å²) in [5, 5.41) is 5.60. The number of hydrogen-bond acceptors (Lipinski definition) is 3. The molecule has 138 valence electrons. The lowest BCUT2D eigenvalue weighted by Gasteiger charge is -2.23. The molecule has 0 aliphatic carbocycles. The highest BCUT2D eigenvalue weighted by atomic mass is 35.5. The van der Waals surface area contributed by atoms with Crippen LogP contribution in [0.3, 0.4) is 0 Å². The van der Waals surface area contributed by atoms with Crippen LogP contribution in [0.5, 0.6) is 0 Å². The number of halogens is 1. The average Bonchev–Trinajstić information content (AvgIpc) is 2.91. The number of rotatable bonds is 6. The molecule has 0 amide bonds. The van der Waals surface area contributed by atoms with E-state index in [-0.39, 0.29) is 0 Å². The van der Waals surface area contributed by atoms with Crippen LogP contribution < -0.4 is 4.90 Å². The van der Waals surface area contributed by atoms with Crippen LogP contribution in [0.1, 0.15) is 43.6 Å². The smallest absolute Gasteiger partial charge is 0.165 e. The SMILES string of the molecule is CCCCN(CC)c1cc(C)nc2c(-c3ccc(Cl)cc3C)c(C)nn12. The van der Waals surface area contributed by atoms with Gasteiger partial charge in [0.25, 0.3) is 0 Å². The van der Waals surface area contributed by atoms with E-state index in [1.165, 1.54) is 12.8 Å². The average molecular weight is 371 g/mol. The van der Waals surface area contributed by atoms with Crippen LogP contribution in [-0.4, -0.2) is 27.7 Å². The zero-order valence-corrected chi connectivity index (χ0v) is 17.1. The van der Waals surface area contributed by atoms with E-state index in [1.54, 1.807) is 0 Å². The molecule has 0 N–H and O–H groups in total. The molecule has 0 saturated carbocycles. The topological polar surface area (TPSA) is 33.4 Å². The molecule has 5 heteroatoms. The van der Waals surface area contributed by atoms with Crippen molar-refractivity contribution in [3.8, 4) is 11.1 Å². The molecule has 0 aliphatic heterocycles. The molecule has 0 atom stereocenters. The molecule has 0 saturated heterocycles. The van der Waals surface area contributed by atoms with E-state index in [0.717, 1.165) is 57.7 Å². The molecule has 1 aromatic carbocycles. The Hall–Kier alpha value is -2.07. The summed E-state index contributed by atoms with van der Waals surface area (Å²) in [5.74, 6) is 1.12. The standard InChI is InChI=1S/C21H27ClN4/c1-6-8-11-25(7-2)19-13-15(4)23-21-20(16(5)24-26(19)21)18-10-9-17(22)12-14(18)3/h9-10,12-13H,6-8,11H2,1-5H3. The molecule has 0 aliphatic rings. The third-order valence-corrected chi connectivity index (χ3v) is 5.05. The van der Waals surface area contributed by atoms with Gasteiger partial charge in [0.2, 0.25) is 0 Å². The second-order valence-electron chi connectivity index (χ2n) is 6.84. The summed E-state index contributed by atoms with van der Waals surface area (Å²) in [5.41, 5.74) is 6.28. The summed E-state index contributed by atoms with van der Waals surface area (Å²) in [6.45, 7) is 12.6. The normalized spacial score (nSPS) is 11.3. The van der Waals surface area contributed by atoms with Gasteiger partial charge in [-0.2, -0.15) is 9.61 Å². The fraction of sp³-hybridized carbons (Fsp3) is 0.429. The van der Waals surface area contributed by atoms with Gasteiger partial charge in [0, 0.05) is 35.4 Å². The van der Waals surface area contributed by atoms with E-state index >= 15 is 0 Å². The van der Waals surface area contributed by atoms with E-state index in [4.69, 9.17) is 21.7 Å². The van der Waals surface area contributed by atoms with Crippen molar-refractivity contribution in [2.24, 2.45) is 0 Å². The fourth-order valence-electron chi connectivity index (χ4n) is 3.46. The van der Waals surface area contributed by atoms with E-state index in [9.17, 15) is 0 Å². The Morgan fingerprint density at radius 2 is 1.88 bits per heavy atom. The lowest BCUT2D eigenvalue weighted by atomic mass is 10.0. The Morgan fingerprint density at radius 1 is 1.12 bits per heavy atom. The Kier molecular flexibility index (Phi) is 5.52. The van der Waals surface area contributed by atoms with Gasteiger partial charge in [0.05, 0.1) is 5.69 Å². The number of nitrogens with zero attached hydrogens (tertiary/aromatic N) is 4. The van der Waals surface area contributed by atoms with Crippen LogP contribution in [0.4, 0.5) is 5.82 Å². The molecule has 4 nitrogen and oxygen atoms in total. The van der Waals surface area contributed by atoms with Crippen LogP contribution in [0.25, 0.3) is 16.8 Å². The first-order valence-electron chi connectivity index (χ1n) is 9.34.